The van der Waals surface area contributed by atoms with E-state index in [0.29, 0.717) is 6.04 Å². The summed E-state index contributed by atoms with van der Waals surface area (Å²) in [4.78, 5) is 2.43. The van der Waals surface area contributed by atoms with Crippen LogP contribution in [0.3, 0.4) is 0 Å². The average Bonchev–Trinajstić information content (AvgIpc) is 2.16. The van der Waals surface area contributed by atoms with Crippen LogP contribution in [0.1, 0.15) is 40.0 Å². The van der Waals surface area contributed by atoms with Crippen LogP contribution >= 0.6 is 0 Å². The minimum Gasteiger partial charge on any atom is -0.311 e. The molecule has 0 bridgehead atoms. The zero-order chi connectivity index (χ0) is 11.3. The second-order valence-electron chi connectivity index (χ2n) is 5.46. The smallest absolute Gasteiger partial charge is 0.0601 e. The molecule has 1 saturated heterocycles. The lowest BCUT2D eigenvalue weighted by atomic mass is 10.0. The van der Waals surface area contributed by atoms with E-state index in [4.69, 9.17) is 6.42 Å². The lowest BCUT2D eigenvalue weighted by Crippen LogP contribution is -2.49. The van der Waals surface area contributed by atoms with Crippen molar-refractivity contribution in [1.29, 1.82) is 0 Å². The lowest BCUT2D eigenvalue weighted by molar-refractivity contribution is 0.156. The Labute approximate surface area is 94.4 Å². The molecule has 0 amide bonds. The molecular formula is C13H24N2. The van der Waals surface area contributed by atoms with Gasteiger partial charge in [0, 0.05) is 18.1 Å². The van der Waals surface area contributed by atoms with Gasteiger partial charge in [-0.15, -0.1) is 6.42 Å². The van der Waals surface area contributed by atoms with E-state index in [1.54, 1.807) is 0 Å². The first-order chi connectivity index (χ1) is 7.03. The SMILES string of the molecule is C#CCN1CCCCC1CNC(C)(C)C. The number of rotatable bonds is 3. The van der Waals surface area contributed by atoms with Gasteiger partial charge in [-0.2, -0.15) is 0 Å². The van der Waals surface area contributed by atoms with Crippen molar-refractivity contribution in [2.24, 2.45) is 0 Å². The molecule has 1 unspecified atom stereocenters. The number of nitrogens with zero attached hydrogens (tertiary/aromatic N) is 1. The van der Waals surface area contributed by atoms with Gasteiger partial charge < -0.3 is 5.32 Å². The Morgan fingerprint density at radius 1 is 1.40 bits per heavy atom. The average molecular weight is 208 g/mol. The molecule has 0 aromatic heterocycles. The molecule has 0 aliphatic carbocycles. The van der Waals surface area contributed by atoms with E-state index in [9.17, 15) is 0 Å². The van der Waals surface area contributed by atoms with E-state index >= 15 is 0 Å². The van der Waals surface area contributed by atoms with Crippen LogP contribution in [0.25, 0.3) is 0 Å². The van der Waals surface area contributed by atoms with E-state index in [-0.39, 0.29) is 5.54 Å². The molecule has 1 fully saturated rings. The Hall–Kier alpha value is -0.520. The van der Waals surface area contributed by atoms with Crippen LogP contribution in [-0.4, -0.2) is 36.1 Å². The summed E-state index contributed by atoms with van der Waals surface area (Å²) in [7, 11) is 0. The van der Waals surface area contributed by atoms with Crippen LogP contribution < -0.4 is 5.32 Å². The van der Waals surface area contributed by atoms with E-state index in [1.165, 1.54) is 25.8 Å². The number of nitrogens with one attached hydrogen (secondary N) is 1. The maximum Gasteiger partial charge on any atom is 0.0601 e. The summed E-state index contributed by atoms with van der Waals surface area (Å²) in [5, 5.41) is 3.57. The van der Waals surface area contributed by atoms with E-state index in [1.807, 2.05) is 0 Å². The molecule has 1 aliphatic heterocycles. The summed E-state index contributed by atoms with van der Waals surface area (Å²) in [6.45, 7) is 9.66. The van der Waals surface area contributed by atoms with Gasteiger partial charge in [-0.3, -0.25) is 4.90 Å². The number of hydrogen-bond donors (Lipinski definition) is 1. The van der Waals surface area contributed by atoms with Crippen LogP contribution in [0.5, 0.6) is 0 Å². The van der Waals surface area contributed by atoms with Crippen molar-refractivity contribution >= 4 is 0 Å². The van der Waals surface area contributed by atoms with Gasteiger partial charge in [0.25, 0.3) is 0 Å². The molecular weight excluding hydrogens is 184 g/mol. The topological polar surface area (TPSA) is 15.3 Å². The first-order valence-electron chi connectivity index (χ1n) is 5.95. The van der Waals surface area contributed by atoms with E-state index < -0.39 is 0 Å². The largest absolute Gasteiger partial charge is 0.311 e. The summed E-state index contributed by atoms with van der Waals surface area (Å²) in [5.41, 5.74) is 0.208. The standard InChI is InChI=1S/C13H24N2/c1-5-9-15-10-7-6-8-12(15)11-14-13(2,3)4/h1,12,14H,6-11H2,2-4H3. The predicted octanol–water partition coefficient (Wildman–Crippen LogP) is 1.86. The maximum absolute atomic E-state index is 5.39. The van der Waals surface area contributed by atoms with Crippen LogP contribution in [-0.2, 0) is 0 Å². The van der Waals surface area contributed by atoms with Crippen molar-refractivity contribution in [3.8, 4) is 12.3 Å². The Balaban J connectivity index is 2.40. The van der Waals surface area contributed by atoms with Crippen molar-refractivity contribution < 1.29 is 0 Å². The summed E-state index contributed by atoms with van der Waals surface area (Å²) >= 11 is 0. The van der Waals surface area contributed by atoms with Crippen molar-refractivity contribution in [2.75, 3.05) is 19.6 Å². The third-order valence-electron chi connectivity index (χ3n) is 2.91. The van der Waals surface area contributed by atoms with Crippen molar-refractivity contribution in [3.63, 3.8) is 0 Å². The van der Waals surface area contributed by atoms with Crippen LogP contribution in [0.15, 0.2) is 0 Å². The van der Waals surface area contributed by atoms with Gasteiger partial charge in [0.1, 0.15) is 0 Å². The van der Waals surface area contributed by atoms with Gasteiger partial charge in [-0.1, -0.05) is 12.3 Å². The number of likely N-dealkylation sites (tertiary alicyclic amines) is 1. The Bertz CT molecular complexity index is 222. The monoisotopic (exact) mass is 208 g/mol. The Morgan fingerprint density at radius 3 is 2.73 bits per heavy atom. The van der Waals surface area contributed by atoms with Gasteiger partial charge >= 0.3 is 0 Å². The molecule has 86 valence electrons. The molecule has 1 rings (SSSR count). The van der Waals surface area contributed by atoms with Gasteiger partial charge in [0.2, 0.25) is 0 Å². The third kappa shape index (κ3) is 4.68. The first-order valence-corrected chi connectivity index (χ1v) is 5.95. The molecule has 0 radical (unpaired) electrons. The highest BCUT2D eigenvalue weighted by Crippen LogP contribution is 2.16. The predicted molar refractivity (Wildman–Crippen MR) is 65.8 cm³/mol. The molecule has 0 saturated carbocycles. The molecule has 1 N–H and O–H groups in total. The van der Waals surface area contributed by atoms with Crippen molar-refractivity contribution in [2.45, 2.75) is 51.6 Å². The molecule has 1 aliphatic rings. The summed E-state index contributed by atoms with van der Waals surface area (Å²) in [6, 6.07) is 0.633. The summed E-state index contributed by atoms with van der Waals surface area (Å²) in [6.07, 6.45) is 9.32. The molecule has 2 nitrogen and oxygen atoms in total. The highest BCUT2D eigenvalue weighted by atomic mass is 15.2. The summed E-state index contributed by atoms with van der Waals surface area (Å²) < 4.78 is 0. The second kappa shape index (κ2) is 5.53. The quantitative estimate of drug-likeness (QED) is 0.712. The molecule has 2 heteroatoms. The Kier molecular flexibility index (Phi) is 4.63. The first kappa shape index (κ1) is 12.5. The fraction of sp³-hybridized carbons (Fsp3) is 0.846. The molecule has 0 spiro atoms. The molecule has 0 aromatic carbocycles. The van der Waals surface area contributed by atoms with Gasteiger partial charge in [0.15, 0.2) is 0 Å². The van der Waals surface area contributed by atoms with Gasteiger partial charge in [-0.25, -0.2) is 0 Å². The third-order valence-corrected chi connectivity index (χ3v) is 2.91. The fourth-order valence-corrected chi connectivity index (χ4v) is 2.04. The zero-order valence-electron chi connectivity index (χ0n) is 10.3. The minimum atomic E-state index is 0.208. The highest BCUT2D eigenvalue weighted by Gasteiger charge is 2.22. The maximum atomic E-state index is 5.39. The fourth-order valence-electron chi connectivity index (χ4n) is 2.04. The van der Waals surface area contributed by atoms with Crippen molar-refractivity contribution in [3.05, 3.63) is 0 Å². The normalized spacial score (nSPS) is 23.7. The number of hydrogen-bond acceptors (Lipinski definition) is 2. The van der Waals surface area contributed by atoms with Gasteiger partial charge in [-0.05, 0) is 40.2 Å². The lowest BCUT2D eigenvalue weighted by Gasteiger charge is -2.36. The minimum absolute atomic E-state index is 0.208. The van der Waals surface area contributed by atoms with Gasteiger partial charge in [0.05, 0.1) is 6.54 Å². The number of piperidine rings is 1. The highest BCUT2D eigenvalue weighted by molar-refractivity contribution is 4.92. The second-order valence-corrected chi connectivity index (χ2v) is 5.46. The Morgan fingerprint density at radius 2 is 2.13 bits per heavy atom. The molecule has 1 heterocycles. The molecule has 1 atom stereocenters. The number of terminal acetylenes is 1. The van der Waals surface area contributed by atoms with E-state index in [2.05, 4.69) is 36.9 Å². The summed E-state index contributed by atoms with van der Waals surface area (Å²) in [5.74, 6) is 2.76. The van der Waals surface area contributed by atoms with Crippen molar-refractivity contribution in [1.82, 2.24) is 10.2 Å². The van der Waals surface area contributed by atoms with Crippen LogP contribution in [0, 0.1) is 12.3 Å². The molecule has 15 heavy (non-hydrogen) atoms. The van der Waals surface area contributed by atoms with Crippen LogP contribution in [0.2, 0.25) is 0 Å². The zero-order valence-corrected chi connectivity index (χ0v) is 10.3. The molecule has 0 aromatic rings. The van der Waals surface area contributed by atoms with E-state index in [0.717, 1.165) is 13.1 Å². The van der Waals surface area contributed by atoms with Crippen LogP contribution in [0.4, 0.5) is 0 Å².